The monoisotopic (exact) mass is 439 g/mol. The molecule has 0 aliphatic carbocycles. The highest BCUT2D eigenvalue weighted by Crippen LogP contribution is 2.37. The Morgan fingerprint density at radius 1 is 0.969 bits per heavy atom. The fraction of sp³-hybridized carbons (Fsp3) is 0.0417. The Hall–Kier alpha value is -4.17. The second-order valence-electron chi connectivity index (χ2n) is 7.50. The standard InChI is InChI=1S/C24H17N5O2S/c30-14-11-9-13(10-12-14)20-19-21(15-5-1-2-6-16(15)25-22(19)31)28-23(27-20)29-24-26-17-7-3-4-8-18(17)32-24/h1-12,20,30H,(H,25,31)(H2,26,27,28,29)/t20-/m1/s1. The van der Waals surface area contributed by atoms with Crippen molar-refractivity contribution in [1.29, 1.82) is 0 Å². The zero-order valence-electron chi connectivity index (χ0n) is 16.7. The second-order valence-corrected chi connectivity index (χ2v) is 8.53. The maximum Gasteiger partial charge on any atom is 0.256 e. The molecule has 0 spiro atoms. The molecule has 7 nitrogen and oxygen atoms in total. The van der Waals surface area contributed by atoms with Crippen LogP contribution in [-0.2, 0) is 0 Å². The van der Waals surface area contributed by atoms with E-state index in [9.17, 15) is 9.90 Å². The lowest BCUT2D eigenvalue weighted by Gasteiger charge is -2.26. The molecular formula is C24H17N5O2S. The number of aromatic hydroxyl groups is 1. The van der Waals surface area contributed by atoms with E-state index in [1.54, 1.807) is 24.3 Å². The molecule has 0 saturated heterocycles. The fourth-order valence-electron chi connectivity index (χ4n) is 3.99. The molecule has 32 heavy (non-hydrogen) atoms. The molecule has 6 rings (SSSR count). The van der Waals surface area contributed by atoms with Crippen LogP contribution in [0.15, 0.2) is 82.6 Å². The SMILES string of the molecule is O=c1[nH]c2ccccc2c2c1[C@@H](c1ccc(O)cc1)N=C(Nc1nc3ccccc3s1)N2. The van der Waals surface area contributed by atoms with Gasteiger partial charge in [-0.15, -0.1) is 0 Å². The van der Waals surface area contributed by atoms with E-state index in [1.165, 1.54) is 11.3 Å². The van der Waals surface area contributed by atoms with Crippen molar-refractivity contribution in [2.24, 2.45) is 4.99 Å². The largest absolute Gasteiger partial charge is 0.508 e. The van der Waals surface area contributed by atoms with E-state index in [-0.39, 0.29) is 11.3 Å². The summed E-state index contributed by atoms with van der Waals surface area (Å²) in [5.74, 6) is 0.664. The zero-order valence-corrected chi connectivity index (χ0v) is 17.5. The number of anilines is 2. The van der Waals surface area contributed by atoms with Crippen LogP contribution >= 0.6 is 11.3 Å². The van der Waals surface area contributed by atoms with Crippen molar-refractivity contribution >= 4 is 49.2 Å². The van der Waals surface area contributed by atoms with Crippen molar-refractivity contribution in [2.75, 3.05) is 10.6 Å². The maximum atomic E-state index is 13.1. The lowest BCUT2D eigenvalue weighted by atomic mass is 9.95. The van der Waals surface area contributed by atoms with E-state index < -0.39 is 6.04 Å². The van der Waals surface area contributed by atoms with Crippen molar-refractivity contribution in [1.82, 2.24) is 9.97 Å². The molecular weight excluding hydrogens is 422 g/mol. The predicted octanol–water partition coefficient (Wildman–Crippen LogP) is 4.83. The summed E-state index contributed by atoms with van der Waals surface area (Å²) in [6.45, 7) is 0. The quantitative estimate of drug-likeness (QED) is 0.316. The molecule has 3 aromatic carbocycles. The number of phenols is 1. The number of aromatic nitrogens is 2. The number of rotatable bonds is 2. The first-order valence-electron chi connectivity index (χ1n) is 10.1. The summed E-state index contributed by atoms with van der Waals surface area (Å²) in [6, 6.07) is 21.8. The van der Waals surface area contributed by atoms with Gasteiger partial charge in [0.05, 0.1) is 27.0 Å². The number of aliphatic imine (C=N–C) groups is 1. The van der Waals surface area contributed by atoms with Crippen molar-refractivity contribution in [3.05, 3.63) is 94.3 Å². The summed E-state index contributed by atoms with van der Waals surface area (Å²) in [4.78, 5) is 25.5. The van der Waals surface area contributed by atoms with Crippen LogP contribution in [0.4, 0.5) is 10.8 Å². The highest BCUT2D eigenvalue weighted by molar-refractivity contribution is 7.22. The highest BCUT2D eigenvalue weighted by atomic mass is 32.1. The zero-order chi connectivity index (χ0) is 21.7. The van der Waals surface area contributed by atoms with Gasteiger partial charge in [-0.25, -0.2) is 9.98 Å². The second kappa shape index (κ2) is 7.21. The Morgan fingerprint density at radius 2 is 1.75 bits per heavy atom. The van der Waals surface area contributed by atoms with Gasteiger partial charge in [0.2, 0.25) is 5.96 Å². The third kappa shape index (κ3) is 3.09. The van der Waals surface area contributed by atoms with Crippen molar-refractivity contribution in [3.63, 3.8) is 0 Å². The van der Waals surface area contributed by atoms with Crippen LogP contribution in [0.2, 0.25) is 0 Å². The Labute approximate surface area is 186 Å². The molecule has 2 aromatic heterocycles. The average molecular weight is 440 g/mol. The number of fused-ring (bicyclic) bond motifs is 4. The Balaban J connectivity index is 1.51. The molecule has 0 bridgehead atoms. The molecule has 8 heteroatoms. The number of guanidine groups is 1. The fourth-order valence-corrected chi connectivity index (χ4v) is 4.85. The van der Waals surface area contributed by atoms with E-state index in [0.29, 0.717) is 22.3 Å². The number of hydrogen-bond acceptors (Lipinski definition) is 7. The summed E-state index contributed by atoms with van der Waals surface area (Å²) < 4.78 is 1.07. The van der Waals surface area contributed by atoms with E-state index in [0.717, 1.165) is 26.7 Å². The molecule has 4 N–H and O–H groups in total. The third-order valence-electron chi connectivity index (χ3n) is 5.46. The topological polar surface area (TPSA) is 102 Å². The average Bonchev–Trinajstić information content (AvgIpc) is 3.21. The van der Waals surface area contributed by atoms with Crippen LogP contribution in [0.25, 0.3) is 21.1 Å². The number of thiazole rings is 1. The number of H-pyrrole nitrogens is 1. The molecule has 5 aromatic rings. The molecule has 0 unspecified atom stereocenters. The third-order valence-corrected chi connectivity index (χ3v) is 6.41. The molecule has 0 amide bonds. The van der Waals surface area contributed by atoms with Crippen LogP contribution in [0.1, 0.15) is 17.2 Å². The first-order chi connectivity index (χ1) is 15.7. The minimum Gasteiger partial charge on any atom is -0.508 e. The molecule has 1 atom stereocenters. The number of hydrogen-bond donors (Lipinski definition) is 4. The van der Waals surface area contributed by atoms with Gasteiger partial charge in [0.15, 0.2) is 5.13 Å². The Morgan fingerprint density at radius 3 is 2.59 bits per heavy atom. The smallest absolute Gasteiger partial charge is 0.256 e. The minimum atomic E-state index is -0.544. The summed E-state index contributed by atoms with van der Waals surface area (Å²) >= 11 is 1.53. The van der Waals surface area contributed by atoms with Crippen LogP contribution < -0.4 is 16.2 Å². The number of para-hydroxylation sites is 2. The minimum absolute atomic E-state index is 0.159. The number of pyridine rings is 1. The Bertz CT molecular complexity index is 1540. The molecule has 0 fully saturated rings. The summed E-state index contributed by atoms with van der Waals surface area (Å²) in [7, 11) is 0. The van der Waals surface area contributed by atoms with Gasteiger partial charge in [-0.1, -0.05) is 53.8 Å². The van der Waals surface area contributed by atoms with Crippen LogP contribution in [-0.4, -0.2) is 21.0 Å². The van der Waals surface area contributed by atoms with Gasteiger partial charge in [-0.2, -0.15) is 0 Å². The summed E-state index contributed by atoms with van der Waals surface area (Å²) in [5, 5.41) is 17.9. The lowest BCUT2D eigenvalue weighted by Crippen LogP contribution is -2.32. The number of nitrogens with one attached hydrogen (secondary N) is 3. The van der Waals surface area contributed by atoms with Gasteiger partial charge < -0.3 is 20.7 Å². The Kier molecular flexibility index (Phi) is 4.19. The van der Waals surface area contributed by atoms with Crippen LogP contribution in [0.3, 0.4) is 0 Å². The van der Waals surface area contributed by atoms with Gasteiger partial charge in [0.1, 0.15) is 11.8 Å². The van der Waals surface area contributed by atoms with E-state index in [1.807, 2.05) is 48.5 Å². The van der Waals surface area contributed by atoms with Crippen molar-refractivity contribution in [2.45, 2.75) is 6.04 Å². The van der Waals surface area contributed by atoms with Gasteiger partial charge in [0, 0.05) is 5.39 Å². The van der Waals surface area contributed by atoms with E-state index in [4.69, 9.17) is 4.99 Å². The van der Waals surface area contributed by atoms with Crippen LogP contribution in [0.5, 0.6) is 5.75 Å². The number of aromatic amines is 1. The number of nitrogens with zero attached hydrogens (tertiary/aromatic N) is 2. The highest BCUT2D eigenvalue weighted by Gasteiger charge is 2.28. The van der Waals surface area contributed by atoms with Crippen molar-refractivity contribution < 1.29 is 5.11 Å². The normalized spacial score (nSPS) is 15.2. The van der Waals surface area contributed by atoms with Crippen LogP contribution in [0, 0.1) is 0 Å². The first-order valence-corrected chi connectivity index (χ1v) is 10.9. The summed E-state index contributed by atoms with van der Waals surface area (Å²) in [5.41, 5.74) is 3.50. The maximum absolute atomic E-state index is 13.1. The molecule has 156 valence electrons. The van der Waals surface area contributed by atoms with Crippen molar-refractivity contribution in [3.8, 4) is 5.75 Å². The molecule has 3 heterocycles. The van der Waals surface area contributed by atoms with Gasteiger partial charge in [-0.3, -0.25) is 4.79 Å². The van der Waals surface area contributed by atoms with E-state index >= 15 is 0 Å². The first kappa shape index (κ1) is 18.6. The van der Waals surface area contributed by atoms with Gasteiger partial charge >= 0.3 is 0 Å². The molecule has 0 saturated carbocycles. The molecule has 1 aliphatic heterocycles. The number of phenolic OH excluding ortho intramolecular Hbond substituents is 1. The summed E-state index contributed by atoms with van der Waals surface area (Å²) in [6.07, 6.45) is 0. The van der Waals surface area contributed by atoms with E-state index in [2.05, 4.69) is 20.6 Å². The predicted molar refractivity (Wildman–Crippen MR) is 129 cm³/mol. The lowest BCUT2D eigenvalue weighted by molar-refractivity contribution is 0.475. The van der Waals surface area contributed by atoms with Gasteiger partial charge in [-0.05, 0) is 35.9 Å². The van der Waals surface area contributed by atoms with Gasteiger partial charge in [0.25, 0.3) is 5.56 Å². The number of benzene rings is 3. The molecule has 0 radical (unpaired) electrons. The molecule has 1 aliphatic rings.